The maximum atomic E-state index is 12.4. The lowest BCUT2D eigenvalue weighted by molar-refractivity contribution is -0.0512. The number of benzene rings is 2. The quantitative estimate of drug-likeness (QED) is 0.764. The first kappa shape index (κ1) is 18.0. The van der Waals surface area contributed by atoms with Crippen molar-refractivity contribution in [2.75, 3.05) is 19.0 Å². The second kappa shape index (κ2) is 8.49. The molecule has 1 atom stereocenters. The van der Waals surface area contributed by atoms with E-state index in [1.807, 2.05) is 31.2 Å². The minimum Gasteiger partial charge on any atom is -0.493 e. The lowest BCUT2D eigenvalue weighted by Crippen LogP contribution is -2.08. The number of alkyl halides is 2. The van der Waals surface area contributed by atoms with Gasteiger partial charge in [0.2, 0.25) is 0 Å². The molecule has 0 fully saturated rings. The van der Waals surface area contributed by atoms with Gasteiger partial charge in [0.25, 0.3) is 0 Å². The molecule has 0 bridgehead atoms. The van der Waals surface area contributed by atoms with Crippen LogP contribution in [0.2, 0.25) is 0 Å². The monoisotopic (exact) mass is 337 g/mol. The van der Waals surface area contributed by atoms with Crippen LogP contribution in [0, 0.1) is 0 Å². The number of hydrogen-bond donors (Lipinski definition) is 2. The minimum atomic E-state index is -2.89. The van der Waals surface area contributed by atoms with E-state index in [-0.39, 0.29) is 24.1 Å². The highest BCUT2D eigenvalue weighted by Crippen LogP contribution is 2.32. The molecule has 0 aromatic heterocycles. The van der Waals surface area contributed by atoms with Gasteiger partial charge in [-0.25, -0.2) is 0 Å². The first-order chi connectivity index (χ1) is 11.5. The van der Waals surface area contributed by atoms with Gasteiger partial charge in [-0.3, -0.25) is 0 Å². The molecule has 0 saturated carbocycles. The molecule has 24 heavy (non-hydrogen) atoms. The van der Waals surface area contributed by atoms with Crippen LogP contribution in [0.5, 0.6) is 11.5 Å². The molecular weight excluding hydrogens is 316 g/mol. The Morgan fingerprint density at radius 1 is 1.08 bits per heavy atom. The van der Waals surface area contributed by atoms with Gasteiger partial charge >= 0.3 is 6.61 Å². The highest BCUT2D eigenvalue weighted by atomic mass is 19.3. The van der Waals surface area contributed by atoms with Crippen molar-refractivity contribution in [1.29, 1.82) is 0 Å². The standard InChI is InChI=1S/C18H21F2NO3/c1-12(21-15-6-3-13(4-7-15)9-10-22)14-5-8-16(24-18(19)20)17(11-14)23-2/h3-8,11-12,18,21-22H,9-10H2,1-2H3. The number of anilines is 1. The van der Waals surface area contributed by atoms with Crippen LogP contribution in [0.25, 0.3) is 0 Å². The number of halogens is 2. The van der Waals surface area contributed by atoms with Crippen molar-refractivity contribution in [2.45, 2.75) is 26.0 Å². The molecule has 1 unspecified atom stereocenters. The average molecular weight is 337 g/mol. The van der Waals surface area contributed by atoms with E-state index in [4.69, 9.17) is 9.84 Å². The second-order valence-electron chi connectivity index (χ2n) is 5.33. The maximum Gasteiger partial charge on any atom is 0.387 e. The van der Waals surface area contributed by atoms with Gasteiger partial charge in [0.15, 0.2) is 11.5 Å². The Bertz CT molecular complexity index is 647. The SMILES string of the molecule is COc1cc(C(C)Nc2ccc(CCO)cc2)ccc1OC(F)F. The van der Waals surface area contributed by atoms with Gasteiger partial charge in [-0.1, -0.05) is 18.2 Å². The van der Waals surface area contributed by atoms with Crippen LogP contribution in [0.1, 0.15) is 24.1 Å². The summed E-state index contributed by atoms with van der Waals surface area (Å²) >= 11 is 0. The molecule has 2 aromatic rings. The van der Waals surface area contributed by atoms with E-state index in [9.17, 15) is 8.78 Å². The van der Waals surface area contributed by atoms with E-state index in [1.54, 1.807) is 12.1 Å². The van der Waals surface area contributed by atoms with Crippen molar-refractivity contribution in [3.63, 3.8) is 0 Å². The van der Waals surface area contributed by atoms with Crippen molar-refractivity contribution in [2.24, 2.45) is 0 Å². The molecular formula is C18H21F2NO3. The predicted molar refractivity (Wildman–Crippen MR) is 88.9 cm³/mol. The Morgan fingerprint density at radius 3 is 2.38 bits per heavy atom. The van der Waals surface area contributed by atoms with Gasteiger partial charge in [0.1, 0.15) is 0 Å². The molecule has 2 N–H and O–H groups in total. The predicted octanol–water partition coefficient (Wildman–Crippen LogP) is 4.00. The van der Waals surface area contributed by atoms with Crippen molar-refractivity contribution in [1.82, 2.24) is 0 Å². The van der Waals surface area contributed by atoms with Crippen LogP contribution in [-0.4, -0.2) is 25.4 Å². The lowest BCUT2D eigenvalue weighted by atomic mass is 10.1. The summed E-state index contributed by atoms with van der Waals surface area (Å²) in [5.74, 6) is 0.275. The Morgan fingerprint density at radius 2 is 1.79 bits per heavy atom. The van der Waals surface area contributed by atoms with Gasteiger partial charge in [-0.2, -0.15) is 8.78 Å². The summed E-state index contributed by atoms with van der Waals surface area (Å²) in [6, 6.07) is 12.6. The third-order valence-corrected chi connectivity index (χ3v) is 3.64. The van der Waals surface area contributed by atoms with Gasteiger partial charge in [-0.15, -0.1) is 0 Å². The molecule has 0 saturated heterocycles. The number of methoxy groups -OCH3 is 1. The van der Waals surface area contributed by atoms with E-state index in [0.29, 0.717) is 6.42 Å². The molecule has 0 heterocycles. The number of ether oxygens (including phenoxy) is 2. The van der Waals surface area contributed by atoms with Gasteiger partial charge in [0.05, 0.1) is 7.11 Å². The fourth-order valence-corrected chi connectivity index (χ4v) is 2.38. The van der Waals surface area contributed by atoms with E-state index in [0.717, 1.165) is 16.8 Å². The molecule has 0 aliphatic rings. The molecule has 130 valence electrons. The minimum absolute atomic E-state index is 0.0109. The van der Waals surface area contributed by atoms with Gasteiger partial charge in [0, 0.05) is 18.3 Å². The third kappa shape index (κ3) is 4.83. The molecule has 0 aliphatic heterocycles. The Balaban J connectivity index is 2.09. The van der Waals surface area contributed by atoms with Gasteiger partial charge < -0.3 is 19.9 Å². The number of nitrogens with one attached hydrogen (secondary N) is 1. The first-order valence-corrected chi connectivity index (χ1v) is 7.62. The fraction of sp³-hybridized carbons (Fsp3) is 0.333. The Kier molecular flexibility index (Phi) is 6.37. The summed E-state index contributed by atoms with van der Waals surface area (Å²) in [6.45, 7) is -0.808. The first-order valence-electron chi connectivity index (χ1n) is 7.62. The zero-order valence-electron chi connectivity index (χ0n) is 13.6. The maximum absolute atomic E-state index is 12.4. The largest absolute Gasteiger partial charge is 0.493 e. The topological polar surface area (TPSA) is 50.7 Å². The van der Waals surface area contributed by atoms with Crippen molar-refractivity contribution >= 4 is 5.69 Å². The van der Waals surface area contributed by atoms with Crippen LogP contribution in [0.4, 0.5) is 14.5 Å². The number of hydrogen-bond acceptors (Lipinski definition) is 4. The summed E-state index contributed by atoms with van der Waals surface area (Å²) in [4.78, 5) is 0. The number of aliphatic hydroxyl groups is 1. The summed E-state index contributed by atoms with van der Waals surface area (Å²) in [7, 11) is 1.41. The zero-order chi connectivity index (χ0) is 17.5. The highest BCUT2D eigenvalue weighted by Gasteiger charge is 2.13. The highest BCUT2D eigenvalue weighted by molar-refractivity contribution is 5.49. The molecule has 0 amide bonds. The lowest BCUT2D eigenvalue weighted by Gasteiger charge is -2.18. The molecule has 6 heteroatoms. The second-order valence-corrected chi connectivity index (χ2v) is 5.33. The smallest absolute Gasteiger partial charge is 0.387 e. The third-order valence-electron chi connectivity index (χ3n) is 3.64. The van der Waals surface area contributed by atoms with Crippen LogP contribution in [0.3, 0.4) is 0 Å². The van der Waals surface area contributed by atoms with E-state index >= 15 is 0 Å². The molecule has 0 spiro atoms. The Labute approximate surface area is 140 Å². The molecule has 0 aliphatic carbocycles. The van der Waals surface area contributed by atoms with Crippen LogP contribution < -0.4 is 14.8 Å². The molecule has 0 radical (unpaired) electrons. The van der Waals surface area contributed by atoms with E-state index in [2.05, 4.69) is 10.1 Å². The van der Waals surface area contributed by atoms with Crippen molar-refractivity contribution in [3.8, 4) is 11.5 Å². The van der Waals surface area contributed by atoms with Gasteiger partial charge in [-0.05, 0) is 48.7 Å². The van der Waals surface area contributed by atoms with Crippen LogP contribution in [0.15, 0.2) is 42.5 Å². The van der Waals surface area contributed by atoms with Crippen molar-refractivity contribution in [3.05, 3.63) is 53.6 Å². The Hall–Kier alpha value is -2.34. The summed E-state index contributed by atoms with van der Waals surface area (Å²) in [5.41, 5.74) is 2.87. The number of aliphatic hydroxyl groups excluding tert-OH is 1. The van der Waals surface area contributed by atoms with Crippen LogP contribution >= 0.6 is 0 Å². The van der Waals surface area contributed by atoms with E-state index < -0.39 is 6.61 Å². The zero-order valence-corrected chi connectivity index (χ0v) is 13.6. The molecule has 4 nitrogen and oxygen atoms in total. The summed E-state index contributed by atoms with van der Waals surface area (Å²) < 4.78 is 34.3. The fourth-order valence-electron chi connectivity index (χ4n) is 2.38. The average Bonchev–Trinajstić information content (AvgIpc) is 2.56. The summed E-state index contributed by atoms with van der Waals surface area (Å²) in [6.07, 6.45) is 0.624. The van der Waals surface area contributed by atoms with Crippen LogP contribution in [-0.2, 0) is 6.42 Å². The molecule has 2 aromatic carbocycles. The van der Waals surface area contributed by atoms with E-state index in [1.165, 1.54) is 13.2 Å². The number of rotatable bonds is 8. The molecule has 2 rings (SSSR count). The summed E-state index contributed by atoms with van der Waals surface area (Å²) in [5, 5.41) is 12.3. The van der Waals surface area contributed by atoms with Crippen molar-refractivity contribution < 1.29 is 23.4 Å². The normalized spacial score (nSPS) is 12.1.